The maximum atomic E-state index is 5.34. The van der Waals surface area contributed by atoms with Gasteiger partial charge in [-0.3, -0.25) is 0 Å². The summed E-state index contributed by atoms with van der Waals surface area (Å²) in [5.74, 6) is 1.89. The first-order chi connectivity index (χ1) is 28.7. The summed E-state index contributed by atoms with van der Waals surface area (Å²) in [7, 11) is 0. The van der Waals surface area contributed by atoms with Crippen molar-refractivity contribution in [1.82, 2.24) is 15.0 Å². The van der Waals surface area contributed by atoms with E-state index in [1.807, 2.05) is 0 Å². The first-order valence-corrected chi connectivity index (χ1v) is 19.7. The van der Waals surface area contributed by atoms with Gasteiger partial charge in [-0.15, -0.1) is 0 Å². The van der Waals surface area contributed by atoms with Gasteiger partial charge >= 0.3 is 0 Å². The molecule has 0 amide bonds. The Labute approximate surface area is 336 Å². The zero-order valence-electron chi connectivity index (χ0n) is 31.5. The van der Waals surface area contributed by atoms with Gasteiger partial charge in [0.15, 0.2) is 17.5 Å². The van der Waals surface area contributed by atoms with Crippen LogP contribution in [0.4, 0.5) is 0 Å². The molecule has 10 aromatic carbocycles. The molecule has 58 heavy (non-hydrogen) atoms. The van der Waals surface area contributed by atoms with Crippen LogP contribution in [0.25, 0.3) is 111 Å². The summed E-state index contributed by atoms with van der Waals surface area (Å²) in [6, 6.07) is 75.3. The third-order valence-corrected chi connectivity index (χ3v) is 11.3. The number of hydrogen-bond donors (Lipinski definition) is 0. The van der Waals surface area contributed by atoms with Crippen LogP contribution < -0.4 is 0 Å². The van der Waals surface area contributed by atoms with Gasteiger partial charge in [0.25, 0.3) is 0 Å². The molecule has 270 valence electrons. The molecule has 0 aliphatic heterocycles. The summed E-state index contributed by atoms with van der Waals surface area (Å²) < 4.78 is 0. The van der Waals surface area contributed by atoms with Crippen LogP contribution in [-0.2, 0) is 0 Å². The fourth-order valence-corrected chi connectivity index (χ4v) is 8.42. The Balaban J connectivity index is 1.08. The fraction of sp³-hybridized carbons (Fsp3) is 0. The van der Waals surface area contributed by atoms with Crippen LogP contribution in [0.15, 0.2) is 212 Å². The second-order valence-corrected chi connectivity index (χ2v) is 14.8. The third-order valence-electron chi connectivity index (χ3n) is 11.3. The van der Waals surface area contributed by atoms with Crippen molar-refractivity contribution in [3.05, 3.63) is 212 Å². The molecule has 0 unspecified atom stereocenters. The molecule has 0 aliphatic rings. The molecular formula is C55H35N3. The van der Waals surface area contributed by atoms with Crippen molar-refractivity contribution in [3.8, 4) is 67.5 Å². The summed E-state index contributed by atoms with van der Waals surface area (Å²) in [5, 5.41) is 9.49. The highest BCUT2D eigenvalue weighted by atomic mass is 15.0. The lowest BCUT2D eigenvalue weighted by Gasteiger charge is -2.15. The normalized spacial score (nSPS) is 11.4. The lowest BCUT2D eigenvalue weighted by molar-refractivity contribution is 1.08. The lowest BCUT2D eigenvalue weighted by atomic mass is 9.94. The average Bonchev–Trinajstić information content (AvgIpc) is 3.31. The van der Waals surface area contributed by atoms with Crippen LogP contribution in [0, 0.1) is 0 Å². The van der Waals surface area contributed by atoms with E-state index in [0.717, 1.165) is 49.7 Å². The van der Waals surface area contributed by atoms with E-state index in [9.17, 15) is 0 Å². The van der Waals surface area contributed by atoms with Gasteiger partial charge in [-0.05, 0) is 94.7 Å². The maximum absolute atomic E-state index is 5.34. The highest BCUT2D eigenvalue weighted by Crippen LogP contribution is 2.39. The van der Waals surface area contributed by atoms with E-state index >= 15 is 0 Å². The van der Waals surface area contributed by atoms with Crippen LogP contribution in [0.1, 0.15) is 0 Å². The highest BCUT2D eigenvalue weighted by Gasteiger charge is 2.19. The van der Waals surface area contributed by atoms with Crippen molar-refractivity contribution in [3.63, 3.8) is 0 Å². The molecule has 0 spiro atoms. The molecule has 1 heterocycles. The molecule has 3 nitrogen and oxygen atoms in total. The Morgan fingerprint density at radius 2 is 0.707 bits per heavy atom. The van der Waals surface area contributed by atoms with Crippen molar-refractivity contribution in [2.75, 3.05) is 0 Å². The topological polar surface area (TPSA) is 38.7 Å². The molecule has 0 saturated heterocycles. The van der Waals surface area contributed by atoms with E-state index in [0.29, 0.717) is 17.5 Å². The highest BCUT2D eigenvalue weighted by molar-refractivity contribution is 6.13. The Kier molecular flexibility index (Phi) is 8.15. The van der Waals surface area contributed by atoms with E-state index in [2.05, 4.69) is 212 Å². The zero-order valence-corrected chi connectivity index (χ0v) is 31.5. The number of aromatic nitrogens is 3. The Hall–Kier alpha value is -7.75. The molecule has 0 fully saturated rings. The largest absolute Gasteiger partial charge is 0.208 e. The molecule has 11 aromatic rings. The van der Waals surface area contributed by atoms with Gasteiger partial charge < -0.3 is 0 Å². The quantitative estimate of drug-likeness (QED) is 0.160. The number of fused-ring (bicyclic) bond motifs is 5. The predicted octanol–water partition coefficient (Wildman–Crippen LogP) is 14.5. The standard InChI is InChI=1S/C55H35N3/c1-2-15-40-33-42(32-31-36(40)13-1)38-29-27-37(28-30-38)41-18-11-19-44(34-41)53-56-54(51-25-10-9-23-49(51)48-26-12-17-39-14-3-5-20-45(39)48)58-55(57-53)52-35-43-16-4-6-21-46(43)47-22-7-8-24-50(47)52/h1-35H. The van der Waals surface area contributed by atoms with Crippen molar-refractivity contribution in [2.24, 2.45) is 0 Å². The molecular weight excluding hydrogens is 703 g/mol. The number of hydrogen-bond acceptors (Lipinski definition) is 3. The fourth-order valence-electron chi connectivity index (χ4n) is 8.42. The van der Waals surface area contributed by atoms with Gasteiger partial charge in [-0.2, -0.15) is 0 Å². The molecule has 3 heteroatoms. The smallest absolute Gasteiger partial charge is 0.164 e. The molecule has 0 bridgehead atoms. The Morgan fingerprint density at radius 1 is 0.207 bits per heavy atom. The van der Waals surface area contributed by atoms with E-state index in [-0.39, 0.29) is 0 Å². The monoisotopic (exact) mass is 737 g/mol. The summed E-state index contributed by atoms with van der Waals surface area (Å²) in [5.41, 5.74) is 9.68. The van der Waals surface area contributed by atoms with Gasteiger partial charge in [0.05, 0.1) is 0 Å². The summed E-state index contributed by atoms with van der Waals surface area (Å²) in [6.45, 7) is 0. The first kappa shape index (κ1) is 33.6. The Morgan fingerprint density at radius 3 is 1.50 bits per heavy atom. The molecule has 1 aromatic heterocycles. The SMILES string of the molecule is c1cc(-c2ccc(-c3ccc4ccccc4c3)cc2)cc(-c2nc(-c3ccccc3-c3cccc4ccccc34)nc(-c3cc4ccccc4c4ccccc34)n2)c1. The summed E-state index contributed by atoms with van der Waals surface area (Å²) in [6.07, 6.45) is 0. The number of rotatable bonds is 6. The van der Waals surface area contributed by atoms with Crippen molar-refractivity contribution >= 4 is 43.1 Å². The van der Waals surface area contributed by atoms with E-state index in [1.54, 1.807) is 0 Å². The predicted molar refractivity (Wildman–Crippen MR) is 242 cm³/mol. The van der Waals surface area contributed by atoms with E-state index in [4.69, 9.17) is 15.0 Å². The van der Waals surface area contributed by atoms with Gasteiger partial charge in [0.1, 0.15) is 0 Å². The maximum Gasteiger partial charge on any atom is 0.164 e. The molecule has 0 saturated carbocycles. The van der Waals surface area contributed by atoms with E-state index < -0.39 is 0 Å². The molecule has 0 radical (unpaired) electrons. The van der Waals surface area contributed by atoms with Crippen molar-refractivity contribution in [1.29, 1.82) is 0 Å². The van der Waals surface area contributed by atoms with Crippen LogP contribution >= 0.6 is 0 Å². The minimum atomic E-state index is 0.625. The van der Waals surface area contributed by atoms with Crippen molar-refractivity contribution in [2.45, 2.75) is 0 Å². The van der Waals surface area contributed by atoms with Crippen LogP contribution in [0.3, 0.4) is 0 Å². The van der Waals surface area contributed by atoms with Gasteiger partial charge in [0.2, 0.25) is 0 Å². The summed E-state index contributed by atoms with van der Waals surface area (Å²) in [4.78, 5) is 15.9. The van der Waals surface area contributed by atoms with E-state index in [1.165, 1.54) is 43.4 Å². The second-order valence-electron chi connectivity index (χ2n) is 14.8. The first-order valence-electron chi connectivity index (χ1n) is 19.7. The molecule has 0 N–H and O–H groups in total. The lowest BCUT2D eigenvalue weighted by Crippen LogP contribution is -2.02. The number of nitrogens with zero attached hydrogens (tertiary/aromatic N) is 3. The zero-order chi connectivity index (χ0) is 38.4. The third kappa shape index (κ3) is 5.98. The molecule has 0 atom stereocenters. The minimum Gasteiger partial charge on any atom is -0.208 e. The molecule has 11 rings (SSSR count). The number of benzene rings is 10. The van der Waals surface area contributed by atoms with Crippen LogP contribution in [0.5, 0.6) is 0 Å². The van der Waals surface area contributed by atoms with Gasteiger partial charge in [-0.1, -0.05) is 194 Å². The second kappa shape index (κ2) is 14.1. The van der Waals surface area contributed by atoms with Crippen LogP contribution in [0.2, 0.25) is 0 Å². The average molecular weight is 738 g/mol. The minimum absolute atomic E-state index is 0.625. The van der Waals surface area contributed by atoms with Gasteiger partial charge in [0, 0.05) is 16.7 Å². The van der Waals surface area contributed by atoms with Crippen LogP contribution in [-0.4, -0.2) is 15.0 Å². The summed E-state index contributed by atoms with van der Waals surface area (Å²) >= 11 is 0. The molecule has 0 aliphatic carbocycles. The van der Waals surface area contributed by atoms with Gasteiger partial charge in [-0.25, -0.2) is 15.0 Å². The van der Waals surface area contributed by atoms with Crippen molar-refractivity contribution < 1.29 is 0 Å². The Bertz CT molecular complexity index is 3340.